The molecule has 35 heavy (non-hydrogen) atoms. The first-order chi connectivity index (χ1) is 16.5. The van der Waals surface area contributed by atoms with Gasteiger partial charge in [-0.15, -0.1) is 14.8 Å². The molecule has 1 aromatic carbocycles. The number of hydrogen-bond donors (Lipinski definition) is 2. The Morgan fingerprint density at radius 3 is 2.51 bits per heavy atom. The molecule has 1 aliphatic rings. The van der Waals surface area contributed by atoms with Crippen molar-refractivity contribution < 1.29 is 23.3 Å². The molecule has 1 unspecified atom stereocenters. The van der Waals surface area contributed by atoms with Crippen molar-refractivity contribution in [3.05, 3.63) is 53.0 Å². The highest BCUT2D eigenvalue weighted by molar-refractivity contribution is 5.91. The van der Waals surface area contributed by atoms with Crippen LogP contribution in [0.25, 0.3) is 0 Å². The summed E-state index contributed by atoms with van der Waals surface area (Å²) >= 11 is 0. The van der Waals surface area contributed by atoms with E-state index in [1.54, 1.807) is 29.7 Å². The van der Waals surface area contributed by atoms with Gasteiger partial charge >= 0.3 is 6.09 Å². The topological polar surface area (TPSA) is 99.5 Å². The molecule has 0 spiro atoms. The van der Waals surface area contributed by atoms with Crippen LogP contribution in [0.1, 0.15) is 55.4 Å². The number of rotatable bonds is 6. The summed E-state index contributed by atoms with van der Waals surface area (Å²) < 4.78 is 21.6. The number of carbonyl (C=O) groups excluding carboxylic acids is 2. The fourth-order valence-electron chi connectivity index (χ4n) is 3.80. The molecule has 9 nitrogen and oxygen atoms in total. The summed E-state index contributed by atoms with van der Waals surface area (Å²) in [5.74, 6) is -0.139. The highest BCUT2D eigenvalue weighted by Crippen LogP contribution is 2.23. The van der Waals surface area contributed by atoms with Gasteiger partial charge in [0.1, 0.15) is 17.2 Å². The van der Waals surface area contributed by atoms with E-state index in [2.05, 4.69) is 25.7 Å². The number of hydrogen-bond acceptors (Lipinski definition) is 7. The second kappa shape index (κ2) is 10.9. The molecule has 2 aromatic rings. The van der Waals surface area contributed by atoms with Gasteiger partial charge in [0.2, 0.25) is 0 Å². The van der Waals surface area contributed by atoms with Gasteiger partial charge in [0.05, 0.1) is 19.1 Å². The van der Waals surface area contributed by atoms with E-state index in [9.17, 15) is 14.0 Å². The fraction of sp³-hybridized carbons (Fsp3) is 0.480. The van der Waals surface area contributed by atoms with Crippen LogP contribution < -0.4 is 10.6 Å². The summed E-state index contributed by atoms with van der Waals surface area (Å²) in [6.45, 7) is 11.4. The Morgan fingerprint density at radius 1 is 1.20 bits per heavy atom. The number of halogens is 1. The maximum Gasteiger partial charge on any atom is 0.596 e. The molecule has 3 rings (SSSR count). The maximum atomic E-state index is 14.4. The zero-order valence-electron chi connectivity index (χ0n) is 21.2. The van der Waals surface area contributed by atoms with Gasteiger partial charge in [0.15, 0.2) is 18.0 Å². The third-order valence-corrected chi connectivity index (χ3v) is 5.65. The van der Waals surface area contributed by atoms with Crippen LogP contribution in [-0.4, -0.2) is 76.2 Å². The second-order valence-electron chi connectivity index (χ2n) is 9.69. The Bertz CT molecular complexity index is 1110. The van der Waals surface area contributed by atoms with E-state index in [0.717, 1.165) is 11.3 Å². The van der Waals surface area contributed by atoms with Crippen molar-refractivity contribution in [2.24, 2.45) is 0 Å². The molecule has 2 amide bonds. The van der Waals surface area contributed by atoms with Crippen molar-refractivity contribution in [3.63, 3.8) is 0 Å². The van der Waals surface area contributed by atoms with E-state index < -0.39 is 5.60 Å². The van der Waals surface area contributed by atoms with Crippen LogP contribution in [0.15, 0.2) is 30.3 Å². The first-order valence-corrected chi connectivity index (χ1v) is 11.6. The van der Waals surface area contributed by atoms with Crippen LogP contribution in [-0.2, 0) is 4.74 Å². The average molecular weight is 486 g/mol. The van der Waals surface area contributed by atoms with Gasteiger partial charge in [-0.25, -0.2) is 4.39 Å². The SMILES string of the molecule is CNC(=O)c1ccc(NC(CN2CC[N+](C(=O)OC(C)(C)C)=C(C)C2)c2ccc(C)c(F)c2)nn1. The minimum absolute atomic E-state index is 0.208. The Kier molecular flexibility index (Phi) is 8.16. The molecule has 188 valence electrons. The Morgan fingerprint density at radius 2 is 1.94 bits per heavy atom. The highest BCUT2D eigenvalue weighted by Gasteiger charge is 2.33. The van der Waals surface area contributed by atoms with Gasteiger partial charge in [-0.1, -0.05) is 12.1 Å². The maximum absolute atomic E-state index is 14.4. The number of carbonyl (C=O) groups is 2. The molecule has 2 N–H and O–H groups in total. The minimum atomic E-state index is -0.562. The van der Waals surface area contributed by atoms with E-state index >= 15 is 0 Å². The van der Waals surface area contributed by atoms with Gasteiger partial charge in [0.25, 0.3) is 5.91 Å². The van der Waals surface area contributed by atoms with E-state index in [4.69, 9.17) is 4.74 Å². The molecule has 0 fully saturated rings. The quantitative estimate of drug-likeness (QED) is 0.607. The summed E-state index contributed by atoms with van der Waals surface area (Å²) in [5.41, 5.74) is 1.86. The molecular formula is C25H34FN6O3+. The van der Waals surface area contributed by atoms with Gasteiger partial charge < -0.3 is 15.4 Å². The standard InChI is InChI=1S/C25H33FN6O3/c1-16-7-8-18(13-19(16)26)21(28-22-10-9-20(29-30-22)23(33)27-6)15-31-11-12-32(17(2)14-31)24(34)35-25(3,4)5/h7-10,13,21H,11-12,14-15H2,1-6H3,(H-,27,28,30,33)/p+1. The smallest absolute Gasteiger partial charge is 0.406 e. The van der Waals surface area contributed by atoms with Crippen LogP contribution in [0.5, 0.6) is 0 Å². The molecule has 1 atom stereocenters. The van der Waals surface area contributed by atoms with Crippen molar-refractivity contribution in [1.82, 2.24) is 20.4 Å². The van der Waals surface area contributed by atoms with E-state index in [0.29, 0.717) is 37.6 Å². The molecule has 0 bridgehead atoms. The molecule has 0 aliphatic carbocycles. The number of aromatic nitrogens is 2. The number of nitrogens with one attached hydrogen (secondary N) is 2. The van der Waals surface area contributed by atoms with E-state index in [1.165, 1.54) is 13.1 Å². The fourth-order valence-corrected chi connectivity index (χ4v) is 3.80. The largest absolute Gasteiger partial charge is 0.596 e. The lowest BCUT2D eigenvalue weighted by Crippen LogP contribution is -2.48. The third kappa shape index (κ3) is 7.05. The number of anilines is 1. The number of aryl methyl sites for hydroxylation is 1. The van der Waals surface area contributed by atoms with Gasteiger partial charge in [-0.2, -0.15) is 4.79 Å². The monoisotopic (exact) mass is 485 g/mol. The van der Waals surface area contributed by atoms with Crippen molar-refractivity contribution in [2.45, 2.75) is 46.3 Å². The van der Waals surface area contributed by atoms with Gasteiger partial charge in [-0.05, 0) is 57.0 Å². The first kappa shape index (κ1) is 26.2. The normalized spacial score (nSPS) is 15.5. The van der Waals surface area contributed by atoms with Crippen molar-refractivity contribution in [2.75, 3.05) is 38.5 Å². The number of nitrogens with zero attached hydrogens (tertiary/aromatic N) is 4. The summed E-state index contributed by atoms with van der Waals surface area (Å²) in [4.78, 5) is 26.5. The Hall–Kier alpha value is -3.40. The lowest BCUT2D eigenvalue weighted by molar-refractivity contribution is -0.458. The third-order valence-electron chi connectivity index (χ3n) is 5.65. The zero-order chi connectivity index (χ0) is 25.8. The molecule has 1 aromatic heterocycles. The Balaban J connectivity index is 1.79. The second-order valence-corrected chi connectivity index (χ2v) is 9.69. The van der Waals surface area contributed by atoms with Crippen molar-refractivity contribution in [1.29, 1.82) is 0 Å². The lowest BCUT2D eigenvalue weighted by atomic mass is 10.0. The van der Waals surface area contributed by atoms with E-state index in [-0.39, 0.29) is 29.6 Å². The summed E-state index contributed by atoms with van der Waals surface area (Å²) in [5, 5.41) is 13.9. The van der Waals surface area contributed by atoms with Crippen LogP contribution in [0.3, 0.4) is 0 Å². The summed E-state index contributed by atoms with van der Waals surface area (Å²) in [6, 6.07) is 8.11. The van der Waals surface area contributed by atoms with Crippen molar-refractivity contribution >= 4 is 23.5 Å². The molecule has 0 saturated heterocycles. The lowest BCUT2D eigenvalue weighted by Gasteiger charge is -2.30. The molecule has 1 aliphatic heterocycles. The minimum Gasteiger partial charge on any atom is -0.406 e. The highest BCUT2D eigenvalue weighted by atomic mass is 19.1. The van der Waals surface area contributed by atoms with Crippen LogP contribution >= 0.6 is 0 Å². The van der Waals surface area contributed by atoms with Gasteiger partial charge in [-0.3, -0.25) is 9.69 Å². The predicted molar refractivity (Wildman–Crippen MR) is 131 cm³/mol. The van der Waals surface area contributed by atoms with Crippen molar-refractivity contribution in [3.8, 4) is 0 Å². The Labute approximate surface area is 205 Å². The predicted octanol–water partition coefficient (Wildman–Crippen LogP) is 3.16. The summed E-state index contributed by atoms with van der Waals surface area (Å²) in [7, 11) is 1.53. The van der Waals surface area contributed by atoms with Crippen LogP contribution in [0, 0.1) is 12.7 Å². The number of benzene rings is 1. The molecule has 0 radical (unpaired) electrons. The first-order valence-electron chi connectivity index (χ1n) is 11.6. The van der Waals surface area contributed by atoms with E-state index in [1.807, 2.05) is 33.8 Å². The molecule has 0 saturated carbocycles. The van der Waals surface area contributed by atoms with Gasteiger partial charge in [0, 0.05) is 20.5 Å². The molecule has 2 heterocycles. The summed E-state index contributed by atoms with van der Waals surface area (Å²) in [6.07, 6.45) is -0.351. The number of ether oxygens (including phenoxy) is 1. The molecule has 10 heteroatoms. The molecular weight excluding hydrogens is 451 g/mol. The number of amides is 2. The van der Waals surface area contributed by atoms with Crippen LogP contribution in [0.4, 0.5) is 15.0 Å². The average Bonchev–Trinajstić information content (AvgIpc) is 2.79. The zero-order valence-corrected chi connectivity index (χ0v) is 21.2. The van der Waals surface area contributed by atoms with Crippen LogP contribution in [0.2, 0.25) is 0 Å².